The van der Waals surface area contributed by atoms with Gasteiger partial charge < -0.3 is 0 Å². The van der Waals surface area contributed by atoms with Crippen molar-refractivity contribution in [3.63, 3.8) is 0 Å². The van der Waals surface area contributed by atoms with Gasteiger partial charge in [-0.3, -0.25) is 4.98 Å². The fourth-order valence-electron chi connectivity index (χ4n) is 1.68. The topological polar surface area (TPSA) is 12.9 Å². The summed E-state index contributed by atoms with van der Waals surface area (Å²) in [6, 6.07) is 9.61. The number of hydrogen-bond acceptors (Lipinski definition) is 1. The molecule has 0 aliphatic heterocycles. The van der Waals surface area contributed by atoms with E-state index >= 15 is 0 Å². The Kier molecular flexibility index (Phi) is 3.17. The molecule has 0 saturated carbocycles. The van der Waals surface area contributed by atoms with Crippen LogP contribution < -0.4 is 0 Å². The molecule has 2 aromatic rings. The second-order valence-corrected chi connectivity index (χ2v) is 4.56. The molecule has 0 fully saturated rings. The van der Waals surface area contributed by atoms with E-state index in [9.17, 15) is 0 Å². The second kappa shape index (κ2) is 4.44. The number of halogens is 2. The highest BCUT2D eigenvalue weighted by Crippen LogP contribution is 2.32. The number of benzene rings is 1. The zero-order valence-electron chi connectivity index (χ0n) is 9.09. The summed E-state index contributed by atoms with van der Waals surface area (Å²) >= 11 is 12.1. The molecule has 1 aromatic heterocycles. The summed E-state index contributed by atoms with van der Waals surface area (Å²) in [7, 11) is 0. The van der Waals surface area contributed by atoms with Gasteiger partial charge in [0.15, 0.2) is 0 Å². The molecule has 0 aliphatic carbocycles. The third-order valence-electron chi connectivity index (χ3n) is 2.33. The first kappa shape index (κ1) is 11.4. The van der Waals surface area contributed by atoms with Crippen molar-refractivity contribution in [1.82, 2.24) is 4.98 Å². The van der Waals surface area contributed by atoms with Gasteiger partial charge in [0.2, 0.25) is 0 Å². The van der Waals surface area contributed by atoms with E-state index in [2.05, 4.69) is 4.98 Å². The van der Waals surface area contributed by atoms with E-state index in [-0.39, 0.29) is 0 Å². The fraction of sp³-hybridized carbons (Fsp3) is 0.154. The SMILES string of the molecule is Cc1cc(C)nc(-c2cccc(Cl)c2Cl)c1. The lowest BCUT2D eigenvalue weighted by molar-refractivity contribution is 1.18. The zero-order chi connectivity index (χ0) is 11.7. The maximum Gasteiger partial charge on any atom is 0.0723 e. The van der Waals surface area contributed by atoms with Crippen molar-refractivity contribution in [1.29, 1.82) is 0 Å². The van der Waals surface area contributed by atoms with Crippen molar-refractivity contribution in [2.45, 2.75) is 13.8 Å². The molecule has 0 amide bonds. The van der Waals surface area contributed by atoms with E-state index in [1.165, 1.54) is 5.56 Å². The number of pyridine rings is 1. The Balaban J connectivity index is 2.63. The lowest BCUT2D eigenvalue weighted by atomic mass is 10.1. The van der Waals surface area contributed by atoms with E-state index in [1.807, 2.05) is 38.1 Å². The molecular formula is C13H11Cl2N. The first-order valence-corrected chi connectivity index (χ1v) is 5.73. The third kappa shape index (κ3) is 2.21. The van der Waals surface area contributed by atoms with Gasteiger partial charge in [-0.05, 0) is 37.6 Å². The molecule has 3 heteroatoms. The lowest BCUT2D eigenvalue weighted by Gasteiger charge is -2.07. The molecule has 0 atom stereocenters. The Bertz CT molecular complexity index is 515. The molecule has 0 saturated heterocycles. The van der Waals surface area contributed by atoms with Crippen molar-refractivity contribution in [3.8, 4) is 11.3 Å². The van der Waals surface area contributed by atoms with Gasteiger partial charge in [0.25, 0.3) is 0 Å². The van der Waals surface area contributed by atoms with E-state index in [0.717, 1.165) is 17.0 Å². The van der Waals surface area contributed by atoms with Gasteiger partial charge in [-0.15, -0.1) is 0 Å². The minimum absolute atomic E-state index is 0.556. The van der Waals surface area contributed by atoms with Crippen LogP contribution in [0, 0.1) is 13.8 Å². The zero-order valence-corrected chi connectivity index (χ0v) is 10.6. The quantitative estimate of drug-likeness (QED) is 0.718. The van der Waals surface area contributed by atoms with Crippen molar-refractivity contribution < 1.29 is 0 Å². The fourth-order valence-corrected chi connectivity index (χ4v) is 2.08. The van der Waals surface area contributed by atoms with E-state index in [0.29, 0.717) is 10.0 Å². The molecule has 1 nitrogen and oxygen atoms in total. The van der Waals surface area contributed by atoms with E-state index in [1.54, 1.807) is 6.07 Å². The Morgan fingerprint density at radius 1 is 1.06 bits per heavy atom. The number of aryl methyl sites for hydroxylation is 2. The summed E-state index contributed by atoms with van der Waals surface area (Å²) in [5.41, 5.74) is 3.88. The van der Waals surface area contributed by atoms with Gasteiger partial charge in [-0.1, -0.05) is 35.3 Å². The summed E-state index contributed by atoms with van der Waals surface area (Å²) in [6.07, 6.45) is 0. The standard InChI is InChI=1S/C13H11Cl2N/c1-8-6-9(2)16-12(7-8)10-4-3-5-11(14)13(10)15/h3-7H,1-2H3. The summed E-state index contributed by atoms with van der Waals surface area (Å²) in [5.74, 6) is 0. The normalized spacial score (nSPS) is 10.5. The number of rotatable bonds is 1. The van der Waals surface area contributed by atoms with Crippen LogP contribution >= 0.6 is 23.2 Å². The van der Waals surface area contributed by atoms with Crippen LogP contribution in [0.4, 0.5) is 0 Å². The summed E-state index contributed by atoms with van der Waals surface area (Å²) in [4.78, 5) is 4.46. The molecule has 2 rings (SSSR count). The average Bonchev–Trinajstić information content (AvgIpc) is 2.20. The van der Waals surface area contributed by atoms with Crippen molar-refractivity contribution >= 4 is 23.2 Å². The summed E-state index contributed by atoms with van der Waals surface area (Å²) in [6.45, 7) is 4.01. The number of nitrogens with zero attached hydrogens (tertiary/aromatic N) is 1. The van der Waals surface area contributed by atoms with Crippen LogP contribution in [0.5, 0.6) is 0 Å². The highest BCUT2D eigenvalue weighted by Gasteiger charge is 2.08. The van der Waals surface area contributed by atoms with Crippen LogP contribution in [0.15, 0.2) is 30.3 Å². The molecule has 82 valence electrons. The Labute approximate surface area is 105 Å². The molecule has 1 heterocycles. The Morgan fingerprint density at radius 2 is 1.81 bits per heavy atom. The minimum atomic E-state index is 0.556. The van der Waals surface area contributed by atoms with Gasteiger partial charge in [-0.2, -0.15) is 0 Å². The Hall–Kier alpha value is -1.05. The smallest absolute Gasteiger partial charge is 0.0723 e. The molecule has 0 aliphatic rings. The van der Waals surface area contributed by atoms with Crippen molar-refractivity contribution in [3.05, 3.63) is 51.6 Å². The van der Waals surface area contributed by atoms with Crippen LogP contribution in [0.25, 0.3) is 11.3 Å². The number of aromatic nitrogens is 1. The van der Waals surface area contributed by atoms with Crippen LogP contribution in [-0.2, 0) is 0 Å². The largest absolute Gasteiger partial charge is 0.253 e. The van der Waals surface area contributed by atoms with E-state index < -0.39 is 0 Å². The highest BCUT2D eigenvalue weighted by atomic mass is 35.5. The third-order valence-corrected chi connectivity index (χ3v) is 3.14. The molecule has 0 radical (unpaired) electrons. The van der Waals surface area contributed by atoms with Crippen molar-refractivity contribution in [2.75, 3.05) is 0 Å². The van der Waals surface area contributed by atoms with Crippen LogP contribution in [-0.4, -0.2) is 4.98 Å². The number of hydrogen-bond donors (Lipinski definition) is 0. The van der Waals surface area contributed by atoms with E-state index in [4.69, 9.17) is 23.2 Å². The second-order valence-electron chi connectivity index (χ2n) is 3.77. The van der Waals surface area contributed by atoms with Crippen LogP contribution in [0.1, 0.15) is 11.3 Å². The Morgan fingerprint density at radius 3 is 2.50 bits per heavy atom. The molecule has 0 spiro atoms. The predicted octanol–water partition coefficient (Wildman–Crippen LogP) is 4.67. The van der Waals surface area contributed by atoms with Gasteiger partial charge in [0.05, 0.1) is 15.7 Å². The highest BCUT2D eigenvalue weighted by molar-refractivity contribution is 6.43. The summed E-state index contributed by atoms with van der Waals surface area (Å²) in [5, 5.41) is 1.11. The molecule has 1 aromatic carbocycles. The molecule has 0 unspecified atom stereocenters. The maximum absolute atomic E-state index is 6.16. The van der Waals surface area contributed by atoms with Crippen LogP contribution in [0.2, 0.25) is 10.0 Å². The first-order chi connectivity index (χ1) is 7.58. The van der Waals surface area contributed by atoms with Gasteiger partial charge >= 0.3 is 0 Å². The van der Waals surface area contributed by atoms with Crippen molar-refractivity contribution in [2.24, 2.45) is 0 Å². The predicted molar refractivity (Wildman–Crippen MR) is 69.2 cm³/mol. The first-order valence-electron chi connectivity index (χ1n) is 4.97. The van der Waals surface area contributed by atoms with Gasteiger partial charge in [0, 0.05) is 11.3 Å². The maximum atomic E-state index is 6.16. The molecular weight excluding hydrogens is 241 g/mol. The minimum Gasteiger partial charge on any atom is -0.253 e. The summed E-state index contributed by atoms with van der Waals surface area (Å²) < 4.78 is 0. The van der Waals surface area contributed by atoms with Gasteiger partial charge in [0.1, 0.15) is 0 Å². The van der Waals surface area contributed by atoms with Gasteiger partial charge in [-0.25, -0.2) is 0 Å². The monoisotopic (exact) mass is 251 g/mol. The average molecular weight is 252 g/mol. The molecule has 0 N–H and O–H groups in total. The lowest BCUT2D eigenvalue weighted by Crippen LogP contribution is -1.89. The molecule has 0 bridgehead atoms. The van der Waals surface area contributed by atoms with Crippen LogP contribution in [0.3, 0.4) is 0 Å². The molecule has 16 heavy (non-hydrogen) atoms.